The highest BCUT2D eigenvalue weighted by Gasteiger charge is 2.29. The Kier molecular flexibility index (Phi) is 2.45. The lowest BCUT2D eigenvalue weighted by Gasteiger charge is -2.20. The summed E-state index contributed by atoms with van der Waals surface area (Å²) in [5.41, 5.74) is 0.116. The second-order valence-electron chi connectivity index (χ2n) is 3.03. The third-order valence-corrected chi connectivity index (χ3v) is 2.05. The number of hydrogen-bond donors (Lipinski definition) is 0. The van der Waals surface area contributed by atoms with Crippen molar-refractivity contribution in [2.24, 2.45) is 4.99 Å². The summed E-state index contributed by atoms with van der Waals surface area (Å²) < 4.78 is 0. The minimum Gasteiger partial charge on any atom is -0.267 e. The van der Waals surface area contributed by atoms with Gasteiger partial charge in [-0.15, -0.1) is 0 Å². The zero-order chi connectivity index (χ0) is 11.5. The van der Waals surface area contributed by atoms with Crippen molar-refractivity contribution in [2.45, 2.75) is 0 Å². The van der Waals surface area contributed by atoms with Crippen LogP contribution in [0.2, 0.25) is 0 Å². The summed E-state index contributed by atoms with van der Waals surface area (Å²) >= 11 is 0. The molecule has 1 heterocycles. The highest BCUT2D eigenvalue weighted by Crippen LogP contribution is 2.18. The van der Waals surface area contributed by atoms with Crippen LogP contribution in [-0.4, -0.2) is 24.1 Å². The van der Waals surface area contributed by atoms with E-state index in [4.69, 9.17) is 0 Å². The SMILES string of the molecule is O=C=C1C=NC(=O)N(c2ccccc2)C1=O. The summed E-state index contributed by atoms with van der Waals surface area (Å²) in [6.45, 7) is 0. The molecule has 0 aliphatic carbocycles. The third-order valence-electron chi connectivity index (χ3n) is 2.05. The van der Waals surface area contributed by atoms with E-state index in [0.29, 0.717) is 5.69 Å². The molecular formula is C11H6N2O3. The lowest BCUT2D eigenvalue weighted by atomic mass is 10.2. The number of rotatable bonds is 1. The van der Waals surface area contributed by atoms with Crippen LogP contribution in [-0.2, 0) is 9.59 Å². The van der Waals surface area contributed by atoms with Crippen LogP contribution in [0, 0.1) is 0 Å². The molecule has 0 N–H and O–H groups in total. The molecule has 0 saturated heterocycles. The van der Waals surface area contributed by atoms with Crippen molar-refractivity contribution in [3.05, 3.63) is 35.9 Å². The monoisotopic (exact) mass is 214 g/mol. The van der Waals surface area contributed by atoms with E-state index in [2.05, 4.69) is 4.99 Å². The van der Waals surface area contributed by atoms with Crippen molar-refractivity contribution in [1.82, 2.24) is 0 Å². The molecule has 0 unspecified atom stereocenters. The highest BCUT2D eigenvalue weighted by molar-refractivity contribution is 6.35. The van der Waals surface area contributed by atoms with Crippen molar-refractivity contribution in [3.8, 4) is 0 Å². The molecule has 0 radical (unpaired) electrons. The van der Waals surface area contributed by atoms with Gasteiger partial charge in [0.1, 0.15) is 11.5 Å². The molecule has 0 bridgehead atoms. The molecule has 0 saturated carbocycles. The third kappa shape index (κ3) is 1.55. The van der Waals surface area contributed by atoms with Gasteiger partial charge in [-0.2, -0.15) is 4.99 Å². The zero-order valence-corrected chi connectivity index (χ0v) is 8.08. The van der Waals surface area contributed by atoms with Crippen molar-refractivity contribution in [1.29, 1.82) is 0 Å². The number of nitrogens with zero attached hydrogens (tertiary/aromatic N) is 2. The Bertz CT molecular complexity index is 527. The van der Waals surface area contributed by atoms with Crippen molar-refractivity contribution in [3.63, 3.8) is 0 Å². The first-order valence-corrected chi connectivity index (χ1v) is 4.46. The Morgan fingerprint density at radius 3 is 2.44 bits per heavy atom. The Morgan fingerprint density at radius 2 is 1.81 bits per heavy atom. The van der Waals surface area contributed by atoms with Gasteiger partial charge in [0.2, 0.25) is 0 Å². The molecule has 1 aromatic rings. The van der Waals surface area contributed by atoms with Gasteiger partial charge in [0.05, 0.1) is 11.9 Å². The molecule has 2 rings (SSSR count). The van der Waals surface area contributed by atoms with Crippen molar-refractivity contribution in [2.75, 3.05) is 4.90 Å². The molecule has 5 nitrogen and oxygen atoms in total. The van der Waals surface area contributed by atoms with Gasteiger partial charge in [0, 0.05) is 0 Å². The van der Waals surface area contributed by atoms with Crippen LogP contribution in [0.15, 0.2) is 40.9 Å². The van der Waals surface area contributed by atoms with E-state index in [9.17, 15) is 14.4 Å². The molecule has 1 aliphatic rings. The minimum absolute atomic E-state index is 0.261. The fraction of sp³-hybridized carbons (Fsp3) is 0. The smallest absolute Gasteiger partial charge is 0.267 e. The van der Waals surface area contributed by atoms with Crippen LogP contribution < -0.4 is 4.90 Å². The quantitative estimate of drug-likeness (QED) is 0.517. The molecule has 16 heavy (non-hydrogen) atoms. The fourth-order valence-corrected chi connectivity index (χ4v) is 1.31. The number of para-hydroxylation sites is 1. The second kappa shape index (κ2) is 3.92. The highest BCUT2D eigenvalue weighted by atomic mass is 16.2. The number of hydrogen-bond acceptors (Lipinski definition) is 3. The van der Waals surface area contributed by atoms with Gasteiger partial charge in [0.25, 0.3) is 5.91 Å². The van der Waals surface area contributed by atoms with Crippen LogP contribution in [0.1, 0.15) is 0 Å². The van der Waals surface area contributed by atoms with Gasteiger partial charge in [-0.1, -0.05) is 18.2 Å². The topological polar surface area (TPSA) is 66.8 Å². The van der Waals surface area contributed by atoms with Crippen LogP contribution in [0.5, 0.6) is 0 Å². The Hall–Kier alpha value is -2.52. The first-order valence-electron chi connectivity index (χ1n) is 4.46. The first kappa shape index (κ1) is 10.0. The van der Waals surface area contributed by atoms with E-state index in [1.807, 2.05) is 0 Å². The average molecular weight is 214 g/mol. The molecule has 3 amide bonds. The molecule has 0 fully saturated rings. The number of imide groups is 1. The van der Waals surface area contributed by atoms with E-state index >= 15 is 0 Å². The largest absolute Gasteiger partial charge is 0.355 e. The number of aliphatic imine (C=N–C) groups is 1. The number of carbonyl (C=O) groups excluding carboxylic acids is 3. The van der Waals surface area contributed by atoms with Gasteiger partial charge in [-0.3, -0.25) is 4.79 Å². The van der Waals surface area contributed by atoms with Gasteiger partial charge in [-0.05, 0) is 12.1 Å². The number of amides is 3. The van der Waals surface area contributed by atoms with Crippen LogP contribution in [0.3, 0.4) is 0 Å². The van der Waals surface area contributed by atoms with Crippen molar-refractivity contribution < 1.29 is 14.4 Å². The normalized spacial score (nSPS) is 15.2. The number of urea groups is 1. The Labute approximate surface area is 90.7 Å². The number of carbonyl (C=O) groups is 2. The van der Waals surface area contributed by atoms with Crippen LogP contribution >= 0.6 is 0 Å². The standard InChI is InChI=1S/C11H6N2O3/c14-7-8-6-12-11(16)13(10(8)15)9-4-2-1-3-5-9/h1-6H. The van der Waals surface area contributed by atoms with Gasteiger partial charge >= 0.3 is 6.03 Å². The summed E-state index contributed by atoms with van der Waals surface area (Å²) in [6, 6.07) is 7.56. The lowest BCUT2D eigenvalue weighted by molar-refractivity contribution is -0.113. The van der Waals surface area contributed by atoms with E-state index in [-0.39, 0.29) is 5.57 Å². The van der Waals surface area contributed by atoms with E-state index in [1.165, 1.54) is 5.94 Å². The Morgan fingerprint density at radius 1 is 1.12 bits per heavy atom. The minimum atomic E-state index is -0.713. The summed E-state index contributed by atoms with van der Waals surface area (Å²) in [7, 11) is 0. The second-order valence-corrected chi connectivity index (χ2v) is 3.03. The van der Waals surface area contributed by atoms with Crippen LogP contribution in [0.4, 0.5) is 10.5 Å². The number of benzene rings is 1. The predicted molar refractivity (Wildman–Crippen MR) is 57.0 cm³/mol. The number of anilines is 1. The van der Waals surface area contributed by atoms with Gasteiger partial charge in [-0.25, -0.2) is 14.5 Å². The summed E-state index contributed by atoms with van der Waals surface area (Å²) in [6.07, 6.45) is 0.928. The molecule has 0 atom stereocenters. The average Bonchev–Trinajstić information content (AvgIpc) is 2.31. The van der Waals surface area contributed by atoms with Crippen molar-refractivity contribution >= 4 is 29.8 Å². The summed E-state index contributed by atoms with van der Waals surface area (Å²) in [5.74, 6) is 0.741. The molecule has 5 heteroatoms. The predicted octanol–water partition coefficient (Wildman–Crippen LogP) is 0.982. The lowest BCUT2D eigenvalue weighted by Crippen LogP contribution is -2.39. The molecular weight excluding hydrogens is 208 g/mol. The molecule has 0 aromatic heterocycles. The molecule has 1 aliphatic heterocycles. The maximum absolute atomic E-state index is 11.7. The maximum atomic E-state index is 11.7. The van der Waals surface area contributed by atoms with E-state index < -0.39 is 11.9 Å². The summed E-state index contributed by atoms with van der Waals surface area (Å²) in [5, 5.41) is 0. The van der Waals surface area contributed by atoms with Gasteiger partial charge < -0.3 is 0 Å². The molecule has 78 valence electrons. The fourth-order valence-electron chi connectivity index (χ4n) is 1.31. The van der Waals surface area contributed by atoms with E-state index in [1.54, 1.807) is 30.3 Å². The Balaban J connectivity index is 2.50. The zero-order valence-electron chi connectivity index (χ0n) is 8.08. The summed E-state index contributed by atoms with van der Waals surface area (Å²) in [4.78, 5) is 37.8. The molecule has 1 aromatic carbocycles. The first-order chi connectivity index (χ1) is 7.74. The van der Waals surface area contributed by atoms with Crippen LogP contribution in [0.25, 0.3) is 0 Å². The van der Waals surface area contributed by atoms with Gasteiger partial charge in [0.15, 0.2) is 0 Å². The maximum Gasteiger partial charge on any atom is 0.355 e. The molecule has 0 spiro atoms. The van der Waals surface area contributed by atoms with E-state index in [0.717, 1.165) is 11.1 Å².